The summed E-state index contributed by atoms with van der Waals surface area (Å²) in [6, 6.07) is 0. The summed E-state index contributed by atoms with van der Waals surface area (Å²) in [5.74, 6) is -0.472. The van der Waals surface area contributed by atoms with Crippen LogP contribution in [0.25, 0.3) is 0 Å². The van der Waals surface area contributed by atoms with E-state index in [1.165, 1.54) is 6.92 Å². The molecule has 0 bridgehead atoms. The Labute approximate surface area is 70.7 Å². The number of alkyl halides is 1. The zero-order chi connectivity index (χ0) is 8.85. The van der Waals surface area contributed by atoms with Gasteiger partial charge in [0.1, 0.15) is 5.78 Å². The molecule has 0 N–H and O–H groups in total. The molecule has 0 rings (SSSR count). The van der Waals surface area contributed by atoms with Gasteiger partial charge in [-0.15, -0.1) is 0 Å². The molecule has 0 aliphatic rings. The van der Waals surface area contributed by atoms with Crippen molar-refractivity contribution in [1.82, 2.24) is 0 Å². The van der Waals surface area contributed by atoms with Gasteiger partial charge in [-0.2, -0.15) is 0 Å². The first-order valence-corrected chi connectivity index (χ1v) is 3.83. The van der Waals surface area contributed by atoms with Crippen molar-refractivity contribution < 1.29 is 14.3 Å². The maximum absolute atomic E-state index is 10.7. The largest absolute Gasteiger partial charge is 0.446 e. The molecular weight excluding hydrogens is 168 g/mol. The third-order valence-corrected chi connectivity index (χ3v) is 1.32. The first-order chi connectivity index (χ1) is 5.06. The van der Waals surface area contributed by atoms with Crippen LogP contribution >= 0.6 is 11.6 Å². The SMILES string of the molecule is CCC(=O)CC(Cl)OC(C)=O. The Kier molecular flexibility index (Phi) is 4.86. The van der Waals surface area contributed by atoms with Crippen molar-refractivity contribution in [2.24, 2.45) is 0 Å². The maximum Gasteiger partial charge on any atom is 0.304 e. The van der Waals surface area contributed by atoms with Crippen molar-refractivity contribution in [2.45, 2.75) is 32.3 Å². The van der Waals surface area contributed by atoms with Crippen LogP contribution in [0.5, 0.6) is 0 Å². The number of Topliss-reactive ketones (excluding diaryl/α,β-unsaturated/α-hetero) is 1. The Bertz CT molecular complexity index is 156. The zero-order valence-electron chi connectivity index (χ0n) is 6.59. The zero-order valence-corrected chi connectivity index (χ0v) is 7.35. The molecule has 0 heterocycles. The fraction of sp³-hybridized carbons (Fsp3) is 0.714. The van der Waals surface area contributed by atoms with Gasteiger partial charge in [0.05, 0.1) is 6.42 Å². The van der Waals surface area contributed by atoms with Crippen LogP contribution in [0.4, 0.5) is 0 Å². The monoisotopic (exact) mass is 178 g/mol. The maximum atomic E-state index is 10.7. The minimum absolute atomic E-state index is 0.00810. The highest BCUT2D eigenvalue weighted by atomic mass is 35.5. The highest BCUT2D eigenvalue weighted by molar-refractivity contribution is 6.21. The molecule has 0 radical (unpaired) electrons. The summed E-state index contributed by atoms with van der Waals surface area (Å²) < 4.78 is 4.53. The highest BCUT2D eigenvalue weighted by Crippen LogP contribution is 2.06. The van der Waals surface area contributed by atoms with Gasteiger partial charge in [-0.05, 0) is 0 Å². The number of carbonyl (C=O) groups is 2. The summed E-state index contributed by atoms with van der Waals surface area (Å²) in [6.07, 6.45) is 0.516. The lowest BCUT2D eigenvalue weighted by molar-refractivity contribution is -0.143. The van der Waals surface area contributed by atoms with Crippen LogP contribution in [0.3, 0.4) is 0 Å². The van der Waals surface area contributed by atoms with Gasteiger partial charge in [0, 0.05) is 13.3 Å². The van der Waals surface area contributed by atoms with E-state index in [0.717, 1.165) is 0 Å². The van der Waals surface area contributed by atoms with Crippen LogP contribution in [0.2, 0.25) is 0 Å². The molecule has 3 nitrogen and oxygen atoms in total. The minimum Gasteiger partial charge on any atom is -0.446 e. The van der Waals surface area contributed by atoms with E-state index in [2.05, 4.69) is 4.74 Å². The van der Waals surface area contributed by atoms with Crippen molar-refractivity contribution in [1.29, 1.82) is 0 Å². The molecule has 0 aliphatic heterocycles. The van der Waals surface area contributed by atoms with Gasteiger partial charge in [-0.25, -0.2) is 0 Å². The Morgan fingerprint density at radius 1 is 1.55 bits per heavy atom. The average Bonchev–Trinajstić information content (AvgIpc) is 1.85. The van der Waals surface area contributed by atoms with Gasteiger partial charge in [-0.1, -0.05) is 18.5 Å². The number of esters is 1. The molecule has 0 aliphatic carbocycles. The third kappa shape index (κ3) is 5.85. The average molecular weight is 179 g/mol. The van der Waals surface area contributed by atoms with Gasteiger partial charge in [0.15, 0.2) is 5.56 Å². The van der Waals surface area contributed by atoms with Gasteiger partial charge in [0.25, 0.3) is 0 Å². The lowest BCUT2D eigenvalue weighted by Gasteiger charge is -2.06. The van der Waals surface area contributed by atoms with E-state index < -0.39 is 11.5 Å². The molecule has 0 saturated heterocycles. The van der Waals surface area contributed by atoms with E-state index in [-0.39, 0.29) is 12.2 Å². The first kappa shape index (κ1) is 10.4. The number of ketones is 1. The smallest absolute Gasteiger partial charge is 0.304 e. The predicted molar refractivity (Wildman–Crippen MR) is 41.3 cm³/mol. The van der Waals surface area contributed by atoms with Crippen molar-refractivity contribution >= 4 is 23.4 Å². The van der Waals surface area contributed by atoms with Gasteiger partial charge < -0.3 is 4.74 Å². The molecule has 64 valence electrons. The van der Waals surface area contributed by atoms with Crippen molar-refractivity contribution in [3.05, 3.63) is 0 Å². The Balaban J connectivity index is 3.60. The Hall–Kier alpha value is -0.570. The van der Waals surface area contributed by atoms with Crippen LogP contribution in [0.15, 0.2) is 0 Å². The molecule has 4 heteroatoms. The van der Waals surface area contributed by atoms with Gasteiger partial charge >= 0.3 is 5.97 Å². The normalized spacial score (nSPS) is 12.3. The number of halogens is 1. The summed E-state index contributed by atoms with van der Waals surface area (Å²) >= 11 is 5.49. The third-order valence-electron chi connectivity index (χ3n) is 1.08. The number of rotatable bonds is 4. The van der Waals surface area contributed by atoms with E-state index in [0.29, 0.717) is 6.42 Å². The van der Waals surface area contributed by atoms with Gasteiger partial charge in [-0.3, -0.25) is 9.59 Å². The second-order valence-electron chi connectivity index (χ2n) is 2.12. The summed E-state index contributed by atoms with van der Waals surface area (Å²) in [7, 11) is 0. The fourth-order valence-corrected chi connectivity index (χ4v) is 0.843. The summed E-state index contributed by atoms with van der Waals surface area (Å²) in [5.41, 5.74) is -0.806. The molecular formula is C7H11ClO3. The second-order valence-corrected chi connectivity index (χ2v) is 2.60. The van der Waals surface area contributed by atoms with Crippen molar-refractivity contribution in [3.8, 4) is 0 Å². The lowest BCUT2D eigenvalue weighted by Crippen LogP contribution is -2.13. The molecule has 0 aromatic carbocycles. The van der Waals surface area contributed by atoms with Gasteiger partial charge in [0.2, 0.25) is 0 Å². The number of hydrogen-bond donors (Lipinski definition) is 0. The van der Waals surface area contributed by atoms with Crippen molar-refractivity contribution in [2.75, 3.05) is 0 Å². The first-order valence-electron chi connectivity index (χ1n) is 3.39. The molecule has 0 amide bonds. The second kappa shape index (κ2) is 5.13. The topological polar surface area (TPSA) is 43.4 Å². The summed E-state index contributed by atoms with van der Waals surface area (Å²) in [5, 5.41) is 0. The number of ether oxygens (including phenoxy) is 1. The molecule has 11 heavy (non-hydrogen) atoms. The highest BCUT2D eigenvalue weighted by Gasteiger charge is 2.11. The fourth-order valence-electron chi connectivity index (χ4n) is 0.545. The number of carbonyl (C=O) groups excluding carboxylic acids is 2. The van der Waals surface area contributed by atoms with E-state index in [4.69, 9.17) is 11.6 Å². The lowest BCUT2D eigenvalue weighted by atomic mass is 10.2. The molecule has 1 atom stereocenters. The van der Waals surface area contributed by atoms with Crippen LogP contribution in [0.1, 0.15) is 26.7 Å². The van der Waals surface area contributed by atoms with E-state index in [9.17, 15) is 9.59 Å². The van der Waals surface area contributed by atoms with Crippen molar-refractivity contribution in [3.63, 3.8) is 0 Å². The van der Waals surface area contributed by atoms with Crippen LogP contribution in [0, 0.1) is 0 Å². The van der Waals surface area contributed by atoms with E-state index in [1.54, 1.807) is 6.92 Å². The minimum atomic E-state index is -0.806. The molecule has 0 aromatic heterocycles. The number of hydrogen-bond acceptors (Lipinski definition) is 3. The summed E-state index contributed by atoms with van der Waals surface area (Å²) in [6.45, 7) is 2.99. The van der Waals surface area contributed by atoms with E-state index >= 15 is 0 Å². The molecule has 1 unspecified atom stereocenters. The van der Waals surface area contributed by atoms with Crippen LogP contribution in [-0.4, -0.2) is 17.3 Å². The van der Waals surface area contributed by atoms with Crippen LogP contribution < -0.4 is 0 Å². The Morgan fingerprint density at radius 2 is 2.09 bits per heavy atom. The molecule has 0 spiro atoms. The predicted octanol–water partition coefficient (Wildman–Crippen LogP) is 1.48. The summed E-state index contributed by atoms with van der Waals surface area (Å²) in [4.78, 5) is 21.0. The quantitative estimate of drug-likeness (QED) is 0.484. The van der Waals surface area contributed by atoms with E-state index in [1.807, 2.05) is 0 Å². The standard InChI is InChI=1S/C7H11ClO3/c1-3-6(10)4-7(8)11-5(2)9/h7H,3-4H2,1-2H3. The van der Waals surface area contributed by atoms with Crippen LogP contribution in [-0.2, 0) is 14.3 Å². The molecule has 0 fully saturated rings. The molecule has 0 saturated carbocycles. The molecule has 0 aromatic rings. The Morgan fingerprint density at radius 3 is 2.45 bits per heavy atom.